The molecule has 0 amide bonds. The number of halogens is 2. The summed E-state index contributed by atoms with van der Waals surface area (Å²) in [6.45, 7) is 0. The van der Waals surface area contributed by atoms with Crippen LogP contribution < -0.4 is 0 Å². The Morgan fingerprint density at radius 2 is 2.23 bits per heavy atom. The van der Waals surface area contributed by atoms with Gasteiger partial charge in [-0.1, -0.05) is 11.6 Å². The minimum Gasteiger partial charge on any atom is -0.465 e. The molecular weight excluding hydrogens is 215 g/mol. The number of benzene rings is 1. The topological polar surface area (TPSA) is 26.3 Å². The molecule has 0 atom stereocenters. The molecule has 0 saturated carbocycles. The molecular formula is C8H6ClFO2S. The molecule has 0 aliphatic rings. The Balaban J connectivity index is 3.28. The number of ether oxygens (including phenoxy) is 1. The predicted molar refractivity (Wildman–Crippen MR) is 50.0 cm³/mol. The third-order valence-corrected chi connectivity index (χ3v) is 2.06. The molecule has 0 fully saturated rings. The van der Waals surface area contributed by atoms with Crippen LogP contribution in [0.2, 0.25) is 5.02 Å². The molecule has 70 valence electrons. The van der Waals surface area contributed by atoms with Gasteiger partial charge in [-0.3, -0.25) is 0 Å². The lowest BCUT2D eigenvalue weighted by atomic mass is 10.2. The lowest BCUT2D eigenvalue weighted by Crippen LogP contribution is -2.03. The standard InChI is InChI=1S/C8H6ClFO2S/c1-12-8(11)5-2-4(13)3-6(10)7(5)9/h2-3,13H,1H3. The summed E-state index contributed by atoms with van der Waals surface area (Å²) in [5.74, 6) is -1.37. The number of carbonyl (C=O) groups excluding carboxylic acids is 1. The van der Waals surface area contributed by atoms with Gasteiger partial charge in [0.15, 0.2) is 0 Å². The minimum absolute atomic E-state index is 0.0193. The summed E-state index contributed by atoms with van der Waals surface area (Å²) in [6, 6.07) is 2.47. The highest BCUT2D eigenvalue weighted by Crippen LogP contribution is 2.24. The van der Waals surface area contributed by atoms with Crippen LogP contribution in [0, 0.1) is 5.82 Å². The lowest BCUT2D eigenvalue weighted by Gasteiger charge is -2.03. The molecule has 0 aliphatic carbocycles. The maximum Gasteiger partial charge on any atom is 0.339 e. The van der Waals surface area contributed by atoms with Gasteiger partial charge in [-0.05, 0) is 12.1 Å². The molecule has 1 aromatic rings. The van der Waals surface area contributed by atoms with Crippen molar-refractivity contribution in [3.63, 3.8) is 0 Å². The second-order valence-corrected chi connectivity index (χ2v) is 3.18. The van der Waals surface area contributed by atoms with Crippen molar-refractivity contribution in [3.8, 4) is 0 Å². The Bertz CT molecular complexity index is 354. The summed E-state index contributed by atoms with van der Waals surface area (Å²) in [7, 11) is 1.20. The summed E-state index contributed by atoms with van der Waals surface area (Å²) >= 11 is 9.43. The SMILES string of the molecule is COC(=O)c1cc(S)cc(F)c1Cl. The molecule has 0 aromatic heterocycles. The van der Waals surface area contributed by atoms with E-state index >= 15 is 0 Å². The van der Waals surface area contributed by atoms with Crippen LogP contribution in [0.15, 0.2) is 17.0 Å². The van der Waals surface area contributed by atoms with Crippen molar-refractivity contribution >= 4 is 30.2 Å². The van der Waals surface area contributed by atoms with E-state index in [0.717, 1.165) is 6.07 Å². The summed E-state index contributed by atoms with van der Waals surface area (Å²) in [5.41, 5.74) is -0.0193. The van der Waals surface area contributed by atoms with Gasteiger partial charge in [0.05, 0.1) is 17.7 Å². The molecule has 13 heavy (non-hydrogen) atoms. The Hall–Kier alpha value is -0.740. The van der Waals surface area contributed by atoms with E-state index < -0.39 is 11.8 Å². The van der Waals surface area contributed by atoms with Crippen LogP contribution in [0.25, 0.3) is 0 Å². The van der Waals surface area contributed by atoms with Crippen LogP contribution in [0.5, 0.6) is 0 Å². The number of hydrogen-bond donors (Lipinski definition) is 1. The number of rotatable bonds is 1. The third kappa shape index (κ3) is 2.14. The summed E-state index contributed by atoms with van der Waals surface area (Å²) in [4.78, 5) is 11.4. The number of esters is 1. The van der Waals surface area contributed by atoms with Crippen molar-refractivity contribution in [3.05, 3.63) is 28.5 Å². The molecule has 5 heteroatoms. The van der Waals surface area contributed by atoms with E-state index in [-0.39, 0.29) is 10.6 Å². The zero-order chi connectivity index (χ0) is 10.0. The molecule has 0 heterocycles. The van der Waals surface area contributed by atoms with E-state index in [9.17, 15) is 9.18 Å². The first-order chi connectivity index (χ1) is 6.06. The Labute approximate surface area is 85.1 Å². The van der Waals surface area contributed by atoms with Gasteiger partial charge >= 0.3 is 5.97 Å². The molecule has 1 aromatic carbocycles. The molecule has 0 bridgehead atoms. The lowest BCUT2D eigenvalue weighted by molar-refractivity contribution is 0.0600. The van der Waals surface area contributed by atoms with Crippen molar-refractivity contribution in [2.75, 3.05) is 7.11 Å². The van der Waals surface area contributed by atoms with Crippen LogP contribution in [0.1, 0.15) is 10.4 Å². The van der Waals surface area contributed by atoms with Gasteiger partial charge in [-0.2, -0.15) is 0 Å². The Morgan fingerprint density at radius 3 is 2.77 bits per heavy atom. The van der Waals surface area contributed by atoms with E-state index in [4.69, 9.17) is 11.6 Å². The molecule has 0 spiro atoms. The zero-order valence-electron chi connectivity index (χ0n) is 6.67. The second kappa shape index (κ2) is 3.98. The zero-order valence-corrected chi connectivity index (χ0v) is 8.32. The molecule has 0 unspecified atom stereocenters. The Kier molecular flexibility index (Phi) is 3.17. The van der Waals surface area contributed by atoms with Gasteiger partial charge in [0.2, 0.25) is 0 Å². The highest BCUT2D eigenvalue weighted by molar-refractivity contribution is 7.80. The number of methoxy groups -OCH3 is 1. The van der Waals surface area contributed by atoms with Crippen LogP contribution in [-0.2, 0) is 4.74 Å². The van der Waals surface area contributed by atoms with Crippen molar-refractivity contribution < 1.29 is 13.9 Å². The van der Waals surface area contributed by atoms with Gasteiger partial charge in [0.1, 0.15) is 5.82 Å². The predicted octanol–water partition coefficient (Wildman–Crippen LogP) is 2.55. The van der Waals surface area contributed by atoms with Gasteiger partial charge in [0, 0.05) is 4.90 Å². The van der Waals surface area contributed by atoms with Crippen molar-refractivity contribution in [1.29, 1.82) is 0 Å². The van der Waals surface area contributed by atoms with Gasteiger partial charge in [0.25, 0.3) is 0 Å². The normalized spacial score (nSPS) is 9.85. The summed E-state index contributed by atoms with van der Waals surface area (Å²) in [5, 5.41) is -0.246. The first-order valence-electron chi connectivity index (χ1n) is 3.32. The van der Waals surface area contributed by atoms with Crippen LogP contribution in [0.4, 0.5) is 4.39 Å². The molecule has 0 radical (unpaired) electrons. The second-order valence-electron chi connectivity index (χ2n) is 2.28. The van der Waals surface area contributed by atoms with E-state index in [1.165, 1.54) is 13.2 Å². The first-order valence-corrected chi connectivity index (χ1v) is 4.15. The van der Waals surface area contributed by atoms with Crippen LogP contribution in [-0.4, -0.2) is 13.1 Å². The molecule has 2 nitrogen and oxygen atoms in total. The summed E-state index contributed by atoms with van der Waals surface area (Å²) < 4.78 is 17.4. The fourth-order valence-corrected chi connectivity index (χ4v) is 1.26. The van der Waals surface area contributed by atoms with Crippen LogP contribution in [0.3, 0.4) is 0 Å². The van der Waals surface area contributed by atoms with Crippen molar-refractivity contribution in [1.82, 2.24) is 0 Å². The van der Waals surface area contributed by atoms with Gasteiger partial charge < -0.3 is 4.74 Å². The highest BCUT2D eigenvalue weighted by atomic mass is 35.5. The quantitative estimate of drug-likeness (QED) is 0.582. The monoisotopic (exact) mass is 220 g/mol. The molecule has 1 rings (SSSR count). The van der Waals surface area contributed by atoms with Gasteiger partial charge in [-0.25, -0.2) is 9.18 Å². The van der Waals surface area contributed by atoms with E-state index in [2.05, 4.69) is 17.4 Å². The fourth-order valence-electron chi connectivity index (χ4n) is 0.833. The smallest absolute Gasteiger partial charge is 0.339 e. The molecule has 0 N–H and O–H groups in total. The van der Waals surface area contributed by atoms with Gasteiger partial charge in [-0.15, -0.1) is 12.6 Å². The third-order valence-electron chi connectivity index (χ3n) is 1.42. The van der Waals surface area contributed by atoms with E-state index in [1.807, 2.05) is 0 Å². The Morgan fingerprint density at radius 1 is 1.62 bits per heavy atom. The fraction of sp³-hybridized carbons (Fsp3) is 0.125. The average molecular weight is 221 g/mol. The maximum absolute atomic E-state index is 12.9. The van der Waals surface area contributed by atoms with Crippen molar-refractivity contribution in [2.45, 2.75) is 4.90 Å². The van der Waals surface area contributed by atoms with Crippen molar-refractivity contribution in [2.24, 2.45) is 0 Å². The number of hydrogen-bond acceptors (Lipinski definition) is 3. The molecule has 0 aliphatic heterocycles. The number of carbonyl (C=O) groups is 1. The van der Waals surface area contributed by atoms with E-state index in [1.54, 1.807) is 0 Å². The van der Waals surface area contributed by atoms with Crippen LogP contribution >= 0.6 is 24.2 Å². The minimum atomic E-state index is -0.686. The highest BCUT2D eigenvalue weighted by Gasteiger charge is 2.14. The average Bonchev–Trinajstić information content (AvgIpc) is 2.10. The molecule has 0 saturated heterocycles. The maximum atomic E-state index is 12.9. The number of thiol groups is 1. The van der Waals surface area contributed by atoms with E-state index in [0.29, 0.717) is 4.90 Å². The summed E-state index contributed by atoms with van der Waals surface area (Å²) in [6.07, 6.45) is 0. The largest absolute Gasteiger partial charge is 0.465 e. The first kappa shape index (κ1) is 10.3.